The zero-order valence-corrected chi connectivity index (χ0v) is 15.6. The summed E-state index contributed by atoms with van der Waals surface area (Å²) in [4.78, 5) is 2.46. The van der Waals surface area contributed by atoms with Crippen LogP contribution in [0.1, 0.15) is 62.6 Å². The molecule has 25 heavy (non-hydrogen) atoms. The van der Waals surface area contributed by atoms with E-state index in [1.165, 1.54) is 12.0 Å². The van der Waals surface area contributed by atoms with Gasteiger partial charge in [-0.1, -0.05) is 25.1 Å². The highest BCUT2D eigenvalue weighted by molar-refractivity contribution is 5.43. The molecule has 0 radical (unpaired) electrons. The van der Waals surface area contributed by atoms with E-state index in [1.807, 2.05) is 13.0 Å². The number of benzene rings is 1. The third kappa shape index (κ3) is 3.98. The number of likely N-dealkylation sites (tertiary alicyclic amines) is 1. The van der Waals surface area contributed by atoms with Gasteiger partial charge in [0, 0.05) is 12.6 Å². The predicted octanol–water partition coefficient (Wildman–Crippen LogP) is 4.54. The van der Waals surface area contributed by atoms with Crippen molar-refractivity contribution in [2.45, 2.75) is 52.1 Å². The Kier molecular flexibility index (Phi) is 5.63. The first kappa shape index (κ1) is 17.8. The molecule has 0 bridgehead atoms. The monoisotopic (exact) mass is 344 g/mol. The second-order valence-corrected chi connectivity index (χ2v) is 6.86. The highest BCUT2D eigenvalue weighted by atomic mass is 16.5. The molecule has 0 saturated carbocycles. The maximum Gasteiger partial charge on any atom is 0.161 e. The summed E-state index contributed by atoms with van der Waals surface area (Å²) >= 11 is 0. The maximum atomic E-state index is 5.64. The van der Waals surface area contributed by atoms with E-state index >= 15 is 0 Å². The molecule has 1 aromatic heterocycles. The molecular weight excluding hydrogens is 316 g/mol. The first-order valence-corrected chi connectivity index (χ1v) is 9.12. The fraction of sp³-hybridized carbons (Fsp3) is 0.550. The molecule has 136 valence electrons. The Morgan fingerprint density at radius 3 is 2.80 bits per heavy atom. The summed E-state index contributed by atoms with van der Waals surface area (Å²) in [5.74, 6) is 2.96. The van der Waals surface area contributed by atoms with Crippen LogP contribution in [0.5, 0.6) is 11.5 Å². The lowest BCUT2D eigenvalue weighted by molar-refractivity contribution is 0.206. The first-order valence-electron chi connectivity index (χ1n) is 9.12. The zero-order valence-electron chi connectivity index (χ0n) is 15.6. The Morgan fingerprint density at radius 1 is 1.28 bits per heavy atom. The Bertz CT molecular complexity index is 696. The van der Waals surface area contributed by atoms with Gasteiger partial charge in [-0.05, 0) is 49.9 Å². The average Bonchev–Trinajstić information content (AvgIpc) is 3.25. The number of aromatic nitrogens is 1. The molecule has 0 unspecified atom stereocenters. The number of rotatable bonds is 7. The summed E-state index contributed by atoms with van der Waals surface area (Å²) < 4.78 is 16.7. The molecule has 2 heterocycles. The molecule has 1 aliphatic heterocycles. The van der Waals surface area contributed by atoms with Crippen LogP contribution < -0.4 is 9.47 Å². The Balaban J connectivity index is 1.74. The molecule has 0 N–H and O–H groups in total. The molecular formula is C20H28N2O3. The quantitative estimate of drug-likeness (QED) is 0.738. The standard InChI is InChI=1S/C20H28N2O3/c1-5-24-18-9-8-15(11-20(18)23-4)13-22-10-6-7-17(22)19-12-16(14(2)3)21-25-19/h8-9,11-12,14,17H,5-7,10,13H2,1-4H3/t17-/m0/s1. The van der Waals surface area contributed by atoms with Crippen LogP contribution in [0.15, 0.2) is 28.8 Å². The van der Waals surface area contributed by atoms with Crippen molar-refractivity contribution in [3.63, 3.8) is 0 Å². The molecule has 1 fully saturated rings. The van der Waals surface area contributed by atoms with Crippen LogP contribution in [-0.2, 0) is 6.54 Å². The molecule has 1 aromatic carbocycles. The van der Waals surface area contributed by atoms with Crippen LogP contribution in [0.2, 0.25) is 0 Å². The summed E-state index contributed by atoms with van der Waals surface area (Å²) in [7, 11) is 1.68. The first-order chi connectivity index (χ1) is 12.1. The molecule has 1 saturated heterocycles. The van der Waals surface area contributed by atoms with Gasteiger partial charge in [0.1, 0.15) is 0 Å². The third-order valence-electron chi connectivity index (χ3n) is 4.74. The van der Waals surface area contributed by atoms with E-state index in [0.29, 0.717) is 18.6 Å². The predicted molar refractivity (Wildman–Crippen MR) is 97.1 cm³/mol. The molecule has 2 aromatic rings. The van der Waals surface area contributed by atoms with Gasteiger partial charge in [0.15, 0.2) is 17.3 Å². The summed E-state index contributed by atoms with van der Waals surface area (Å²) in [6.07, 6.45) is 2.29. The van der Waals surface area contributed by atoms with Gasteiger partial charge in [-0.3, -0.25) is 4.90 Å². The van der Waals surface area contributed by atoms with E-state index in [-0.39, 0.29) is 0 Å². The lowest BCUT2D eigenvalue weighted by Gasteiger charge is -2.22. The van der Waals surface area contributed by atoms with E-state index in [1.54, 1.807) is 7.11 Å². The van der Waals surface area contributed by atoms with Crippen molar-refractivity contribution in [1.29, 1.82) is 0 Å². The molecule has 0 amide bonds. The van der Waals surface area contributed by atoms with Crippen molar-refractivity contribution in [3.8, 4) is 11.5 Å². The largest absolute Gasteiger partial charge is 0.493 e. The van der Waals surface area contributed by atoms with Crippen LogP contribution in [-0.4, -0.2) is 30.3 Å². The topological polar surface area (TPSA) is 47.7 Å². The molecule has 5 heteroatoms. The summed E-state index contributed by atoms with van der Waals surface area (Å²) in [6.45, 7) is 8.82. The van der Waals surface area contributed by atoms with Crippen molar-refractivity contribution >= 4 is 0 Å². The van der Waals surface area contributed by atoms with Crippen molar-refractivity contribution in [2.75, 3.05) is 20.3 Å². The lowest BCUT2D eigenvalue weighted by atomic mass is 10.1. The van der Waals surface area contributed by atoms with Crippen LogP contribution >= 0.6 is 0 Å². The van der Waals surface area contributed by atoms with Crippen molar-refractivity contribution in [1.82, 2.24) is 10.1 Å². The van der Waals surface area contributed by atoms with Gasteiger partial charge in [0.05, 0.1) is 25.5 Å². The zero-order chi connectivity index (χ0) is 17.8. The summed E-state index contributed by atoms with van der Waals surface area (Å²) in [6, 6.07) is 8.60. The fourth-order valence-corrected chi connectivity index (χ4v) is 3.39. The number of methoxy groups -OCH3 is 1. The second kappa shape index (κ2) is 7.91. The van der Waals surface area contributed by atoms with Gasteiger partial charge in [-0.15, -0.1) is 0 Å². The fourth-order valence-electron chi connectivity index (χ4n) is 3.39. The van der Waals surface area contributed by atoms with Crippen molar-refractivity contribution in [3.05, 3.63) is 41.3 Å². The van der Waals surface area contributed by atoms with Crippen LogP contribution in [0.3, 0.4) is 0 Å². The highest BCUT2D eigenvalue weighted by Gasteiger charge is 2.29. The molecule has 0 spiro atoms. The lowest BCUT2D eigenvalue weighted by Crippen LogP contribution is -2.22. The molecule has 1 aliphatic rings. The van der Waals surface area contributed by atoms with Gasteiger partial charge >= 0.3 is 0 Å². The minimum absolute atomic E-state index is 0.303. The number of hydrogen-bond donors (Lipinski definition) is 0. The smallest absolute Gasteiger partial charge is 0.161 e. The van der Waals surface area contributed by atoms with E-state index in [0.717, 1.165) is 42.5 Å². The van der Waals surface area contributed by atoms with Gasteiger partial charge in [0.2, 0.25) is 0 Å². The van der Waals surface area contributed by atoms with E-state index in [4.69, 9.17) is 14.0 Å². The van der Waals surface area contributed by atoms with Crippen molar-refractivity contribution < 1.29 is 14.0 Å². The summed E-state index contributed by atoms with van der Waals surface area (Å²) in [5.41, 5.74) is 2.25. The molecule has 3 rings (SSSR count). The maximum absolute atomic E-state index is 5.64. The van der Waals surface area contributed by atoms with Gasteiger partial charge in [-0.25, -0.2) is 0 Å². The number of hydrogen-bond acceptors (Lipinski definition) is 5. The van der Waals surface area contributed by atoms with Crippen LogP contribution in [0.4, 0.5) is 0 Å². The Morgan fingerprint density at radius 2 is 2.12 bits per heavy atom. The van der Waals surface area contributed by atoms with Crippen LogP contribution in [0, 0.1) is 0 Å². The normalized spacial score (nSPS) is 18.0. The van der Waals surface area contributed by atoms with E-state index in [2.05, 4.69) is 42.1 Å². The Labute approximate surface area is 149 Å². The Hall–Kier alpha value is -2.01. The van der Waals surface area contributed by atoms with Crippen LogP contribution in [0.25, 0.3) is 0 Å². The number of ether oxygens (including phenoxy) is 2. The van der Waals surface area contributed by atoms with Gasteiger partial charge in [0.25, 0.3) is 0 Å². The van der Waals surface area contributed by atoms with Gasteiger partial charge < -0.3 is 14.0 Å². The van der Waals surface area contributed by atoms with E-state index in [9.17, 15) is 0 Å². The minimum Gasteiger partial charge on any atom is -0.493 e. The minimum atomic E-state index is 0.303. The third-order valence-corrected chi connectivity index (χ3v) is 4.74. The SMILES string of the molecule is CCOc1ccc(CN2CCC[C@H]2c2cc(C(C)C)no2)cc1OC. The average molecular weight is 344 g/mol. The summed E-state index contributed by atoms with van der Waals surface area (Å²) in [5, 5.41) is 4.22. The van der Waals surface area contributed by atoms with Gasteiger partial charge in [-0.2, -0.15) is 0 Å². The van der Waals surface area contributed by atoms with Crippen molar-refractivity contribution in [2.24, 2.45) is 0 Å². The number of nitrogens with zero attached hydrogens (tertiary/aromatic N) is 2. The molecule has 5 nitrogen and oxygen atoms in total. The molecule has 0 aliphatic carbocycles. The molecule has 1 atom stereocenters. The second-order valence-electron chi connectivity index (χ2n) is 6.86. The highest BCUT2D eigenvalue weighted by Crippen LogP contribution is 2.35. The van der Waals surface area contributed by atoms with E-state index < -0.39 is 0 Å².